The fourth-order valence-corrected chi connectivity index (χ4v) is 4.31. The minimum atomic E-state index is -1.18. The van der Waals surface area contributed by atoms with Gasteiger partial charge in [0, 0.05) is 6.42 Å². The number of carbonyl (C=O) groups is 2. The molecule has 0 aliphatic carbocycles. The quantitative estimate of drug-likeness (QED) is 0.559. The van der Waals surface area contributed by atoms with Crippen molar-refractivity contribution in [3.05, 3.63) is 71.8 Å². The number of aliphatic hydroxyl groups is 1. The molecule has 3 amide bonds. The third-order valence-corrected chi connectivity index (χ3v) is 5.87. The highest BCUT2D eigenvalue weighted by Gasteiger charge is 2.52. The topological polar surface area (TPSA) is 83.3 Å². The lowest BCUT2D eigenvalue weighted by Crippen LogP contribution is -3.15. The SMILES string of the molecule is O=C1N[C@@](Cc2ccccc2)(c2ccccc2)C(=O)N1C[C@H](O)C[NH+]1CCOCC1. The van der Waals surface area contributed by atoms with E-state index in [2.05, 4.69) is 5.32 Å². The smallest absolute Gasteiger partial charge is 0.325 e. The minimum absolute atomic E-state index is 0.0155. The molecule has 0 unspecified atom stereocenters. The summed E-state index contributed by atoms with van der Waals surface area (Å²) in [5.74, 6) is -0.321. The second kappa shape index (κ2) is 8.95. The number of ether oxygens (including phenoxy) is 1. The summed E-state index contributed by atoms with van der Waals surface area (Å²) in [6.07, 6.45) is -0.430. The van der Waals surface area contributed by atoms with Crippen molar-refractivity contribution in [2.24, 2.45) is 0 Å². The molecular weight excluding hydrogens is 382 g/mol. The zero-order valence-corrected chi connectivity index (χ0v) is 16.9. The van der Waals surface area contributed by atoms with E-state index in [0.29, 0.717) is 26.2 Å². The Balaban J connectivity index is 1.56. The van der Waals surface area contributed by atoms with E-state index in [1.165, 1.54) is 9.80 Å². The lowest BCUT2D eigenvalue weighted by atomic mass is 9.83. The lowest BCUT2D eigenvalue weighted by molar-refractivity contribution is -0.910. The first-order chi connectivity index (χ1) is 14.6. The van der Waals surface area contributed by atoms with Gasteiger partial charge in [0.05, 0.1) is 19.8 Å². The third-order valence-electron chi connectivity index (χ3n) is 5.87. The van der Waals surface area contributed by atoms with Crippen LogP contribution in [0.15, 0.2) is 60.7 Å². The van der Waals surface area contributed by atoms with Crippen LogP contribution < -0.4 is 10.2 Å². The van der Waals surface area contributed by atoms with Gasteiger partial charge in [-0.05, 0) is 11.1 Å². The number of nitrogens with zero attached hydrogens (tertiary/aromatic N) is 1. The standard InChI is InChI=1S/C23H27N3O4/c27-20(16-25-11-13-30-14-12-25)17-26-21(28)23(24-22(26)29,19-9-5-2-6-10-19)15-18-7-3-1-4-8-18/h1-10,20,27H,11-17H2,(H,24,29)/p+1/t20-,23+/m1/s1. The summed E-state index contributed by atoms with van der Waals surface area (Å²) in [7, 11) is 0. The first kappa shape index (κ1) is 20.5. The fraction of sp³-hybridized carbons (Fsp3) is 0.391. The first-order valence-electron chi connectivity index (χ1n) is 10.4. The molecule has 2 aromatic rings. The molecule has 0 aromatic heterocycles. The lowest BCUT2D eigenvalue weighted by Gasteiger charge is -2.29. The second-order valence-corrected chi connectivity index (χ2v) is 8.00. The maximum Gasteiger partial charge on any atom is 0.325 e. The molecule has 2 aromatic carbocycles. The van der Waals surface area contributed by atoms with E-state index in [1.54, 1.807) is 0 Å². The summed E-state index contributed by atoms with van der Waals surface area (Å²) in [5.41, 5.74) is 0.517. The summed E-state index contributed by atoms with van der Waals surface area (Å²) in [4.78, 5) is 28.8. The summed E-state index contributed by atoms with van der Waals surface area (Å²) in [6, 6.07) is 18.5. The van der Waals surface area contributed by atoms with Gasteiger partial charge < -0.3 is 20.1 Å². The second-order valence-electron chi connectivity index (χ2n) is 8.00. The predicted octanol–water partition coefficient (Wildman–Crippen LogP) is -0.0476. The number of aliphatic hydroxyl groups excluding tert-OH is 1. The molecule has 0 bridgehead atoms. The molecule has 30 heavy (non-hydrogen) atoms. The molecule has 7 heteroatoms. The maximum atomic E-state index is 13.6. The molecule has 2 saturated heterocycles. The Morgan fingerprint density at radius 1 is 1.03 bits per heavy atom. The van der Waals surface area contributed by atoms with Crippen LogP contribution in [0.2, 0.25) is 0 Å². The van der Waals surface area contributed by atoms with Crippen LogP contribution in [0.4, 0.5) is 4.79 Å². The number of benzene rings is 2. The number of carbonyl (C=O) groups excluding carboxylic acids is 2. The summed E-state index contributed by atoms with van der Waals surface area (Å²) in [6.45, 7) is 3.44. The Kier molecular flexibility index (Phi) is 6.13. The van der Waals surface area contributed by atoms with Crippen molar-refractivity contribution in [2.75, 3.05) is 39.4 Å². The summed E-state index contributed by atoms with van der Waals surface area (Å²) in [5, 5.41) is 13.5. The Hall–Kier alpha value is -2.74. The molecule has 158 valence electrons. The van der Waals surface area contributed by atoms with Crippen molar-refractivity contribution in [2.45, 2.75) is 18.1 Å². The Labute approximate surface area is 176 Å². The Morgan fingerprint density at radius 2 is 1.67 bits per heavy atom. The molecule has 2 heterocycles. The fourth-order valence-electron chi connectivity index (χ4n) is 4.31. The normalized spacial score (nSPS) is 23.4. The number of rotatable bonds is 7. The molecule has 2 atom stereocenters. The molecule has 0 spiro atoms. The van der Waals surface area contributed by atoms with E-state index in [4.69, 9.17) is 4.74 Å². The molecule has 3 N–H and O–H groups in total. The maximum absolute atomic E-state index is 13.6. The molecule has 2 aliphatic heterocycles. The highest BCUT2D eigenvalue weighted by molar-refractivity contribution is 6.07. The van der Waals surface area contributed by atoms with E-state index in [-0.39, 0.29) is 12.5 Å². The number of imide groups is 1. The number of hydrogen-bond donors (Lipinski definition) is 3. The van der Waals surface area contributed by atoms with E-state index >= 15 is 0 Å². The van der Waals surface area contributed by atoms with Crippen LogP contribution in [0.1, 0.15) is 11.1 Å². The van der Waals surface area contributed by atoms with Crippen LogP contribution in [-0.2, 0) is 21.5 Å². The van der Waals surface area contributed by atoms with Crippen molar-refractivity contribution in [1.29, 1.82) is 0 Å². The van der Waals surface area contributed by atoms with Gasteiger partial charge in [-0.15, -0.1) is 0 Å². The van der Waals surface area contributed by atoms with E-state index in [0.717, 1.165) is 24.2 Å². The summed E-state index contributed by atoms with van der Waals surface area (Å²) < 4.78 is 5.35. The van der Waals surface area contributed by atoms with Crippen molar-refractivity contribution >= 4 is 11.9 Å². The number of β-amino-alcohol motifs (C(OH)–C–C–N with tert-alkyl or cyclic N) is 1. The van der Waals surface area contributed by atoms with Crippen LogP contribution in [0.5, 0.6) is 0 Å². The Bertz CT molecular complexity index is 871. The monoisotopic (exact) mass is 410 g/mol. The van der Waals surface area contributed by atoms with Gasteiger partial charge in [0.25, 0.3) is 5.91 Å². The molecular formula is C23H28N3O4+. The average Bonchev–Trinajstić information content (AvgIpc) is 3.01. The average molecular weight is 410 g/mol. The van der Waals surface area contributed by atoms with E-state index in [1.807, 2.05) is 60.7 Å². The number of hydrogen-bond acceptors (Lipinski definition) is 4. The van der Waals surface area contributed by atoms with Gasteiger partial charge in [0.1, 0.15) is 25.7 Å². The zero-order valence-electron chi connectivity index (χ0n) is 16.9. The molecule has 2 fully saturated rings. The summed E-state index contributed by atoms with van der Waals surface area (Å²) >= 11 is 0. The van der Waals surface area contributed by atoms with Crippen molar-refractivity contribution < 1.29 is 24.3 Å². The van der Waals surface area contributed by atoms with Crippen molar-refractivity contribution in [1.82, 2.24) is 10.2 Å². The number of urea groups is 1. The minimum Gasteiger partial charge on any atom is -0.385 e. The van der Waals surface area contributed by atoms with E-state index in [9.17, 15) is 14.7 Å². The van der Waals surface area contributed by atoms with Gasteiger partial charge in [-0.2, -0.15) is 0 Å². The number of quaternary nitrogens is 1. The highest BCUT2D eigenvalue weighted by atomic mass is 16.5. The van der Waals surface area contributed by atoms with Crippen LogP contribution in [-0.4, -0.2) is 67.4 Å². The number of nitrogens with one attached hydrogen (secondary N) is 2. The van der Waals surface area contributed by atoms with Gasteiger partial charge >= 0.3 is 6.03 Å². The predicted molar refractivity (Wildman–Crippen MR) is 111 cm³/mol. The molecule has 7 nitrogen and oxygen atoms in total. The van der Waals surface area contributed by atoms with Crippen LogP contribution in [0.25, 0.3) is 0 Å². The van der Waals surface area contributed by atoms with Gasteiger partial charge in [-0.1, -0.05) is 60.7 Å². The Morgan fingerprint density at radius 3 is 2.33 bits per heavy atom. The molecule has 2 aliphatic rings. The van der Waals surface area contributed by atoms with Gasteiger partial charge in [-0.3, -0.25) is 9.69 Å². The molecule has 0 saturated carbocycles. The van der Waals surface area contributed by atoms with Crippen LogP contribution in [0.3, 0.4) is 0 Å². The number of amides is 3. The van der Waals surface area contributed by atoms with Gasteiger partial charge in [0.2, 0.25) is 0 Å². The van der Waals surface area contributed by atoms with Crippen molar-refractivity contribution in [3.63, 3.8) is 0 Å². The largest absolute Gasteiger partial charge is 0.385 e. The highest BCUT2D eigenvalue weighted by Crippen LogP contribution is 2.33. The molecule has 0 radical (unpaired) electrons. The van der Waals surface area contributed by atoms with Gasteiger partial charge in [0.15, 0.2) is 5.54 Å². The van der Waals surface area contributed by atoms with Gasteiger partial charge in [-0.25, -0.2) is 4.79 Å². The van der Waals surface area contributed by atoms with Crippen LogP contribution >= 0.6 is 0 Å². The van der Waals surface area contributed by atoms with Crippen LogP contribution in [0, 0.1) is 0 Å². The van der Waals surface area contributed by atoms with Crippen molar-refractivity contribution in [3.8, 4) is 0 Å². The van der Waals surface area contributed by atoms with E-state index < -0.39 is 17.7 Å². The third kappa shape index (κ3) is 4.23. The first-order valence-corrected chi connectivity index (χ1v) is 10.4. The zero-order chi connectivity index (χ0) is 21.0. The molecule has 4 rings (SSSR count). The number of morpholine rings is 1.